The first-order valence-corrected chi connectivity index (χ1v) is 6.49. The molecule has 2 amide bonds. The van der Waals surface area contributed by atoms with E-state index in [1.807, 2.05) is 18.5 Å². The molecular formula is C13H22N4O2. The monoisotopic (exact) mass is 266 g/mol. The van der Waals surface area contributed by atoms with Crippen LogP contribution in [0.1, 0.15) is 30.8 Å². The molecule has 0 radical (unpaired) electrons. The summed E-state index contributed by atoms with van der Waals surface area (Å²) >= 11 is 0. The highest BCUT2D eigenvalue weighted by Crippen LogP contribution is 2.12. The molecule has 0 atom stereocenters. The highest BCUT2D eigenvalue weighted by molar-refractivity contribution is 5.83. The summed E-state index contributed by atoms with van der Waals surface area (Å²) in [5, 5.41) is 9.65. The summed E-state index contributed by atoms with van der Waals surface area (Å²) in [6.45, 7) is 8.69. The van der Waals surface area contributed by atoms with Crippen molar-refractivity contribution in [2.24, 2.45) is 0 Å². The molecule has 1 heterocycles. The molecule has 106 valence electrons. The van der Waals surface area contributed by atoms with E-state index in [-0.39, 0.29) is 18.4 Å². The zero-order valence-corrected chi connectivity index (χ0v) is 12.0. The van der Waals surface area contributed by atoms with Crippen LogP contribution in [-0.4, -0.2) is 34.7 Å². The van der Waals surface area contributed by atoms with Crippen molar-refractivity contribution in [1.29, 1.82) is 0 Å². The lowest BCUT2D eigenvalue weighted by atomic mass is 10.1. The number of hydrogen-bond donors (Lipinski definition) is 2. The molecule has 0 saturated carbocycles. The molecule has 0 aromatic carbocycles. The van der Waals surface area contributed by atoms with E-state index in [4.69, 9.17) is 0 Å². The lowest BCUT2D eigenvalue weighted by Crippen LogP contribution is -2.37. The Morgan fingerprint density at radius 1 is 1.26 bits per heavy atom. The Labute approximate surface area is 113 Å². The SMILES string of the molecule is CCc1c(C)nn(CCNC(=O)CNC(C)=O)c1C. The van der Waals surface area contributed by atoms with E-state index in [9.17, 15) is 9.59 Å². The number of carbonyl (C=O) groups is 2. The van der Waals surface area contributed by atoms with Crippen molar-refractivity contribution >= 4 is 11.8 Å². The highest BCUT2D eigenvalue weighted by atomic mass is 16.2. The summed E-state index contributed by atoms with van der Waals surface area (Å²) in [7, 11) is 0. The highest BCUT2D eigenvalue weighted by Gasteiger charge is 2.09. The van der Waals surface area contributed by atoms with Crippen molar-refractivity contribution < 1.29 is 9.59 Å². The van der Waals surface area contributed by atoms with Gasteiger partial charge in [0.15, 0.2) is 0 Å². The van der Waals surface area contributed by atoms with Crippen molar-refractivity contribution in [3.05, 3.63) is 17.0 Å². The smallest absolute Gasteiger partial charge is 0.239 e. The Balaban J connectivity index is 2.41. The van der Waals surface area contributed by atoms with Crippen LogP contribution in [0, 0.1) is 13.8 Å². The minimum atomic E-state index is -0.207. The van der Waals surface area contributed by atoms with Gasteiger partial charge in [-0.3, -0.25) is 14.3 Å². The molecule has 0 bridgehead atoms. The maximum absolute atomic E-state index is 11.4. The van der Waals surface area contributed by atoms with Crippen molar-refractivity contribution in [2.75, 3.05) is 13.1 Å². The average molecular weight is 266 g/mol. The summed E-state index contributed by atoms with van der Waals surface area (Å²) in [5.41, 5.74) is 3.46. The third-order valence-electron chi connectivity index (χ3n) is 3.03. The molecule has 2 N–H and O–H groups in total. The number of nitrogens with one attached hydrogen (secondary N) is 2. The first kappa shape index (κ1) is 15.2. The van der Waals surface area contributed by atoms with Crippen LogP contribution in [0.3, 0.4) is 0 Å². The van der Waals surface area contributed by atoms with Crippen LogP contribution in [0.25, 0.3) is 0 Å². The molecule has 0 unspecified atom stereocenters. The largest absolute Gasteiger partial charge is 0.353 e. The van der Waals surface area contributed by atoms with Gasteiger partial charge in [-0.1, -0.05) is 6.92 Å². The third kappa shape index (κ3) is 4.39. The van der Waals surface area contributed by atoms with Crippen molar-refractivity contribution in [3.63, 3.8) is 0 Å². The third-order valence-corrected chi connectivity index (χ3v) is 3.03. The van der Waals surface area contributed by atoms with Crippen LogP contribution in [-0.2, 0) is 22.6 Å². The fourth-order valence-corrected chi connectivity index (χ4v) is 2.03. The Kier molecular flexibility index (Phi) is 5.54. The van der Waals surface area contributed by atoms with Gasteiger partial charge < -0.3 is 10.6 Å². The van der Waals surface area contributed by atoms with E-state index in [1.54, 1.807) is 0 Å². The van der Waals surface area contributed by atoms with Crippen LogP contribution in [0.5, 0.6) is 0 Å². The van der Waals surface area contributed by atoms with Gasteiger partial charge in [0.05, 0.1) is 18.8 Å². The zero-order valence-electron chi connectivity index (χ0n) is 12.0. The Morgan fingerprint density at radius 2 is 1.95 bits per heavy atom. The number of nitrogens with zero attached hydrogens (tertiary/aromatic N) is 2. The summed E-state index contributed by atoms with van der Waals surface area (Å²) < 4.78 is 1.91. The van der Waals surface area contributed by atoms with Crippen molar-refractivity contribution in [3.8, 4) is 0 Å². The van der Waals surface area contributed by atoms with Crippen LogP contribution >= 0.6 is 0 Å². The van der Waals surface area contributed by atoms with Gasteiger partial charge in [0.25, 0.3) is 0 Å². The quantitative estimate of drug-likeness (QED) is 0.778. The van der Waals surface area contributed by atoms with Crippen LogP contribution in [0.2, 0.25) is 0 Å². The molecule has 0 spiro atoms. The summed E-state index contributed by atoms with van der Waals surface area (Å²) in [6.07, 6.45) is 0.965. The summed E-state index contributed by atoms with van der Waals surface area (Å²) in [6, 6.07) is 0. The standard InChI is InChI=1S/C13H22N4O2/c1-5-12-9(2)16-17(10(12)3)7-6-14-13(19)8-15-11(4)18/h5-8H2,1-4H3,(H,14,19)(H,15,18). The van der Waals surface area contributed by atoms with Gasteiger partial charge in [0.2, 0.25) is 11.8 Å². The van der Waals surface area contributed by atoms with Gasteiger partial charge in [0, 0.05) is 19.2 Å². The second kappa shape index (κ2) is 6.92. The molecule has 0 aliphatic carbocycles. The van der Waals surface area contributed by atoms with Gasteiger partial charge in [0.1, 0.15) is 0 Å². The summed E-state index contributed by atoms with van der Waals surface area (Å²) in [4.78, 5) is 22.1. The van der Waals surface area contributed by atoms with E-state index >= 15 is 0 Å². The molecule has 6 heteroatoms. The minimum Gasteiger partial charge on any atom is -0.353 e. The molecular weight excluding hydrogens is 244 g/mol. The van der Waals surface area contributed by atoms with Gasteiger partial charge in [-0.2, -0.15) is 5.10 Å². The Hall–Kier alpha value is -1.85. The predicted molar refractivity (Wildman–Crippen MR) is 72.8 cm³/mol. The van der Waals surface area contributed by atoms with E-state index in [2.05, 4.69) is 22.7 Å². The molecule has 6 nitrogen and oxygen atoms in total. The maximum Gasteiger partial charge on any atom is 0.239 e. The van der Waals surface area contributed by atoms with Gasteiger partial charge >= 0.3 is 0 Å². The second-order valence-corrected chi connectivity index (χ2v) is 4.49. The van der Waals surface area contributed by atoms with E-state index in [0.29, 0.717) is 13.1 Å². The van der Waals surface area contributed by atoms with Gasteiger partial charge in [-0.05, 0) is 25.8 Å². The van der Waals surface area contributed by atoms with E-state index in [0.717, 1.165) is 17.8 Å². The number of hydrogen-bond acceptors (Lipinski definition) is 3. The number of rotatable bonds is 6. The first-order valence-electron chi connectivity index (χ1n) is 6.49. The minimum absolute atomic E-state index is 0.0205. The Bertz CT molecular complexity index is 465. The molecule has 0 saturated heterocycles. The molecule has 1 aromatic rings. The maximum atomic E-state index is 11.4. The molecule has 0 fully saturated rings. The number of amides is 2. The normalized spacial score (nSPS) is 10.3. The fraction of sp³-hybridized carbons (Fsp3) is 0.615. The lowest BCUT2D eigenvalue weighted by Gasteiger charge is -2.07. The van der Waals surface area contributed by atoms with Crippen LogP contribution < -0.4 is 10.6 Å². The number of aryl methyl sites for hydroxylation is 1. The predicted octanol–water partition coefficient (Wildman–Crippen LogP) is 0.315. The number of aromatic nitrogens is 2. The zero-order chi connectivity index (χ0) is 14.4. The molecule has 1 rings (SSSR count). The average Bonchev–Trinajstić information content (AvgIpc) is 2.61. The lowest BCUT2D eigenvalue weighted by molar-refractivity contribution is -0.125. The fourth-order valence-electron chi connectivity index (χ4n) is 2.03. The molecule has 19 heavy (non-hydrogen) atoms. The van der Waals surface area contributed by atoms with Crippen LogP contribution in [0.15, 0.2) is 0 Å². The van der Waals surface area contributed by atoms with Crippen molar-refractivity contribution in [1.82, 2.24) is 20.4 Å². The van der Waals surface area contributed by atoms with Gasteiger partial charge in [-0.25, -0.2) is 0 Å². The summed E-state index contributed by atoms with van der Waals surface area (Å²) in [5.74, 6) is -0.395. The van der Waals surface area contributed by atoms with E-state index < -0.39 is 0 Å². The van der Waals surface area contributed by atoms with Gasteiger partial charge in [-0.15, -0.1) is 0 Å². The Morgan fingerprint density at radius 3 is 2.47 bits per heavy atom. The molecule has 0 aliphatic heterocycles. The second-order valence-electron chi connectivity index (χ2n) is 4.49. The van der Waals surface area contributed by atoms with Crippen LogP contribution in [0.4, 0.5) is 0 Å². The molecule has 1 aromatic heterocycles. The first-order chi connectivity index (χ1) is 8.95. The van der Waals surface area contributed by atoms with Crippen molar-refractivity contribution in [2.45, 2.75) is 40.7 Å². The topological polar surface area (TPSA) is 76.0 Å². The van der Waals surface area contributed by atoms with E-state index in [1.165, 1.54) is 12.5 Å². The number of carbonyl (C=O) groups excluding carboxylic acids is 2. The molecule has 0 aliphatic rings.